The maximum absolute atomic E-state index is 11.3. The van der Waals surface area contributed by atoms with Crippen molar-refractivity contribution in [3.63, 3.8) is 0 Å². The van der Waals surface area contributed by atoms with Crippen LogP contribution in [0.4, 0.5) is 0 Å². The average molecular weight is 290 g/mol. The second-order valence-corrected chi connectivity index (χ2v) is 8.01. The molecule has 0 spiro atoms. The first-order valence-electron chi connectivity index (χ1n) is 8.87. The molecule has 0 radical (unpaired) electrons. The molecule has 1 saturated carbocycles. The van der Waals surface area contributed by atoms with Crippen molar-refractivity contribution in [2.75, 3.05) is 0 Å². The van der Waals surface area contributed by atoms with Gasteiger partial charge in [0.2, 0.25) is 0 Å². The van der Waals surface area contributed by atoms with Gasteiger partial charge in [-0.25, -0.2) is 0 Å². The lowest BCUT2D eigenvalue weighted by atomic mass is 9.57. The molecular weight excluding hydrogens is 256 g/mol. The normalized spacial score (nSPS) is 37.4. The molecule has 0 amide bonds. The molecule has 0 aliphatic heterocycles. The lowest BCUT2D eigenvalue weighted by Gasteiger charge is -2.51. The second kappa shape index (κ2) is 6.69. The van der Waals surface area contributed by atoms with E-state index in [-0.39, 0.29) is 0 Å². The van der Waals surface area contributed by atoms with E-state index in [0.29, 0.717) is 23.7 Å². The maximum Gasteiger partial charge on any atom is 0.0741 e. The van der Waals surface area contributed by atoms with Crippen molar-refractivity contribution < 1.29 is 5.11 Å². The first kappa shape index (κ1) is 16.8. The highest BCUT2D eigenvalue weighted by Gasteiger charge is 2.49. The summed E-state index contributed by atoms with van der Waals surface area (Å²) in [6.45, 7) is 11.3. The molecule has 0 aromatic heterocycles. The van der Waals surface area contributed by atoms with Crippen LogP contribution in [0.1, 0.15) is 73.1 Å². The quantitative estimate of drug-likeness (QED) is 0.678. The van der Waals surface area contributed by atoms with Crippen molar-refractivity contribution in [2.45, 2.75) is 78.7 Å². The third-order valence-electron chi connectivity index (χ3n) is 6.11. The van der Waals surface area contributed by atoms with Gasteiger partial charge in [0.15, 0.2) is 0 Å². The number of aliphatic hydroxyl groups is 1. The summed E-state index contributed by atoms with van der Waals surface area (Å²) in [6, 6.07) is 0. The van der Waals surface area contributed by atoms with E-state index in [4.69, 9.17) is 0 Å². The molecule has 1 fully saturated rings. The summed E-state index contributed by atoms with van der Waals surface area (Å²) in [5.74, 6) is 2.20. The fraction of sp³-hybridized carbons (Fsp3) is 0.800. The van der Waals surface area contributed by atoms with E-state index < -0.39 is 5.60 Å². The van der Waals surface area contributed by atoms with Crippen LogP contribution in [0.25, 0.3) is 0 Å². The van der Waals surface area contributed by atoms with Crippen LogP contribution in [0.15, 0.2) is 23.3 Å². The van der Waals surface area contributed by atoms with Gasteiger partial charge < -0.3 is 5.11 Å². The minimum absolute atomic E-state index is 0.386. The number of fused-ring (bicyclic) bond motifs is 1. The molecule has 5 unspecified atom stereocenters. The largest absolute Gasteiger partial charge is 0.389 e. The Morgan fingerprint density at radius 3 is 2.81 bits per heavy atom. The monoisotopic (exact) mass is 290 g/mol. The van der Waals surface area contributed by atoms with E-state index in [9.17, 15) is 5.11 Å². The summed E-state index contributed by atoms with van der Waals surface area (Å²) < 4.78 is 0. The van der Waals surface area contributed by atoms with Crippen LogP contribution >= 0.6 is 0 Å². The fourth-order valence-electron chi connectivity index (χ4n) is 4.53. The summed E-state index contributed by atoms with van der Waals surface area (Å²) in [4.78, 5) is 0. The molecule has 0 aromatic carbocycles. The Morgan fingerprint density at radius 2 is 2.14 bits per heavy atom. The Bertz CT molecular complexity index is 416. The molecule has 2 rings (SSSR count). The Kier molecular flexibility index (Phi) is 5.35. The molecule has 0 heterocycles. The van der Waals surface area contributed by atoms with Crippen molar-refractivity contribution in [1.29, 1.82) is 0 Å². The molecule has 0 saturated heterocycles. The smallest absolute Gasteiger partial charge is 0.0741 e. The van der Waals surface area contributed by atoms with E-state index in [1.165, 1.54) is 36.8 Å². The molecule has 5 atom stereocenters. The maximum atomic E-state index is 11.3. The summed E-state index contributed by atoms with van der Waals surface area (Å²) in [5.41, 5.74) is 2.47. The van der Waals surface area contributed by atoms with Gasteiger partial charge in [-0.1, -0.05) is 37.1 Å². The SMILES string of the molecule is CC(C)=CCCC(C)C1CCC(C)C2(O)CCC(C)=CC12. The Balaban J connectivity index is 2.11. The predicted molar refractivity (Wildman–Crippen MR) is 91.1 cm³/mol. The number of rotatable bonds is 4. The van der Waals surface area contributed by atoms with E-state index in [2.05, 4.69) is 46.8 Å². The van der Waals surface area contributed by atoms with Crippen molar-refractivity contribution in [1.82, 2.24) is 0 Å². The molecule has 1 nitrogen and oxygen atoms in total. The standard InChI is InChI=1S/C20H34O/c1-14(2)7-6-8-16(4)18-10-9-17(5)20(21)12-11-15(3)13-19(18)20/h7,13,16-19,21H,6,8-12H2,1-5H3. The third-order valence-corrected chi connectivity index (χ3v) is 6.11. The highest BCUT2D eigenvalue weighted by Crippen LogP contribution is 2.51. The molecule has 2 aliphatic rings. The fourth-order valence-corrected chi connectivity index (χ4v) is 4.53. The van der Waals surface area contributed by atoms with Crippen LogP contribution in [-0.2, 0) is 0 Å². The second-order valence-electron chi connectivity index (χ2n) is 8.01. The minimum Gasteiger partial charge on any atom is -0.389 e. The topological polar surface area (TPSA) is 20.2 Å². The van der Waals surface area contributed by atoms with Crippen LogP contribution in [0.3, 0.4) is 0 Å². The number of allylic oxidation sites excluding steroid dienone is 3. The summed E-state index contributed by atoms with van der Waals surface area (Å²) in [6.07, 6.45) is 11.7. The van der Waals surface area contributed by atoms with Gasteiger partial charge in [0.05, 0.1) is 5.60 Å². The third kappa shape index (κ3) is 3.62. The zero-order valence-corrected chi connectivity index (χ0v) is 14.7. The average Bonchev–Trinajstić information content (AvgIpc) is 2.41. The van der Waals surface area contributed by atoms with Crippen molar-refractivity contribution in [3.8, 4) is 0 Å². The van der Waals surface area contributed by atoms with Gasteiger partial charge in [-0.05, 0) is 77.0 Å². The van der Waals surface area contributed by atoms with E-state index in [0.717, 1.165) is 12.8 Å². The summed E-state index contributed by atoms with van der Waals surface area (Å²) in [5, 5.41) is 11.3. The Morgan fingerprint density at radius 1 is 1.43 bits per heavy atom. The van der Waals surface area contributed by atoms with Crippen molar-refractivity contribution >= 4 is 0 Å². The highest BCUT2D eigenvalue weighted by molar-refractivity contribution is 5.17. The molecule has 21 heavy (non-hydrogen) atoms. The molecule has 120 valence electrons. The zero-order chi connectivity index (χ0) is 15.6. The molecule has 1 N–H and O–H groups in total. The molecule has 2 aliphatic carbocycles. The zero-order valence-electron chi connectivity index (χ0n) is 14.7. The van der Waals surface area contributed by atoms with E-state index >= 15 is 0 Å². The number of hydrogen-bond acceptors (Lipinski definition) is 1. The van der Waals surface area contributed by atoms with Crippen LogP contribution < -0.4 is 0 Å². The molecule has 0 aromatic rings. The summed E-state index contributed by atoms with van der Waals surface area (Å²) >= 11 is 0. The van der Waals surface area contributed by atoms with E-state index in [1.54, 1.807) is 0 Å². The van der Waals surface area contributed by atoms with Crippen molar-refractivity contribution in [3.05, 3.63) is 23.3 Å². The van der Waals surface area contributed by atoms with Gasteiger partial charge in [-0.2, -0.15) is 0 Å². The summed E-state index contributed by atoms with van der Waals surface area (Å²) in [7, 11) is 0. The highest BCUT2D eigenvalue weighted by atomic mass is 16.3. The predicted octanol–water partition coefficient (Wildman–Crippen LogP) is 5.50. The van der Waals surface area contributed by atoms with E-state index in [1.807, 2.05) is 0 Å². The van der Waals surface area contributed by atoms with Crippen LogP contribution in [-0.4, -0.2) is 10.7 Å². The van der Waals surface area contributed by atoms with Gasteiger partial charge >= 0.3 is 0 Å². The first-order chi connectivity index (χ1) is 9.84. The van der Waals surface area contributed by atoms with Crippen molar-refractivity contribution in [2.24, 2.45) is 23.7 Å². The Hall–Kier alpha value is -0.560. The molecular formula is C20H34O. The molecule has 0 bridgehead atoms. The van der Waals surface area contributed by atoms with Gasteiger partial charge in [0.1, 0.15) is 0 Å². The first-order valence-corrected chi connectivity index (χ1v) is 8.87. The van der Waals surface area contributed by atoms with Gasteiger partial charge in [0.25, 0.3) is 0 Å². The molecule has 1 heteroatoms. The van der Waals surface area contributed by atoms with Gasteiger partial charge in [-0.3, -0.25) is 0 Å². The minimum atomic E-state index is -0.437. The Labute approximate surface area is 131 Å². The van der Waals surface area contributed by atoms with Gasteiger partial charge in [0, 0.05) is 5.92 Å². The van der Waals surface area contributed by atoms with Crippen LogP contribution in [0, 0.1) is 23.7 Å². The lowest BCUT2D eigenvalue weighted by Crippen LogP contribution is -2.52. The van der Waals surface area contributed by atoms with Gasteiger partial charge in [-0.15, -0.1) is 0 Å². The number of hydrogen-bond donors (Lipinski definition) is 1. The lowest BCUT2D eigenvalue weighted by molar-refractivity contribution is -0.113. The van der Waals surface area contributed by atoms with Crippen LogP contribution in [0.5, 0.6) is 0 Å². The van der Waals surface area contributed by atoms with Crippen LogP contribution in [0.2, 0.25) is 0 Å².